The van der Waals surface area contributed by atoms with E-state index in [-0.39, 0.29) is 0 Å². The molecule has 1 fully saturated rings. The van der Waals surface area contributed by atoms with E-state index in [0.29, 0.717) is 22.6 Å². The summed E-state index contributed by atoms with van der Waals surface area (Å²) in [6.45, 7) is 0.665. The molecule has 17 heavy (non-hydrogen) atoms. The first-order valence-corrected chi connectivity index (χ1v) is 6.69. The summed E-state index contributed by atoms with van der Waals surface area (Å²) in [5.41, 5.74) is 0.988. The number of hydrogen-bond acceptors (Lipinski definition) is 1. The van der Waals surface area contributed by atoms with Crippen LogP contribution < -0.4 is 5.32 Å². The maximum atomic E-state index is 6.14. The van der Waals surface area contributed by atoms with Gasteiger partial charge in [0.05, 0.1) is 10.0 Å². The lowest BCUT2D eigenvalue weighted by Gasteiger charge is -2.21. The molecule has 0 amide bonds. The molecule has 0 aliphatic heterocycles. The molecule has 5 heteroatoms. The number of hydrogen-bond donors (Lipinski definition) is 1. The predicted molar refractivity (Wildman–Crippen MR) is 76.7 cm³/mol. The van der Waals surface area contributed by atoms with E-state index in [1.165, 1.54) is 12.8 Å². The van der Waals surface area contributed by atoms with Crippen LogP contribution in [0.15, 0.2) is 18.2 Å². The number of benzene rings is 1. The van der Waals surface area contributed by atoms with Crippen molar-refractivity contribution >= 4 is 40.5 Å². The van der Waals surface area contributed by atoms with Gasteiger partial charge in [-0.2, -0.15) is 0 Å². The molecule has 1 aromatic rings. The highest BCUT2D eigenvalue weighted by atomic mass is 35.5. The lowest BCUT2D eigenvalue weighted by atomic mass is 10.2. The van der Waals surface area contributed by atoms with Crippen LogP contribution in [0.25, 0.3) is 0 Å². The molecule has 0 spiro atoms. The zero-order valence-electron chi connectivity index (χ0n) is 9.54. The summed E-state index contributed by atoms with van der Waals surface area (Å²) in [7, 11) is 1.95. The highest BCUT2D eigenvalue weighted by Gasteiger charge is 2.23. The van der Waals surface area contributed by atoms with Crippen LogP contribution in [-0.4, -0.2) is 23.1 Å². The first kappa shape index (κ1) is 12.9. The number of thiocarbonyl (C=S) groups is 1. The quantitative estimate of drug-likeness (QED) is 0.858. The smallest absolute Gasteiger partial charge is 0.169 e. The number of nitrogens with zero attached hydrogens (tertiary/aromatic N) is 1. The monoisotopic (exact) mass is 288 g/mol. The Morgan fingerprint density at radius 3 is 2.82 bits per heavy atom. The van der Waals surface area contributed by atoms with Crippen LogP contribution in [0.1, 0.15) is 18.4 Å². The van der Waals surface area contributed by atoms with Crippen molar-refractivity contribution in [1.29, 1.82) is 0 Å². The molecule has 2 rings (SSSR count). The van der Waals surface area contributed by atoms with Crippen molar-refractivity contribution in [3.63, 3.8) is 0 Å². The van der Waals surface area contributed by atoms with E-state index in [4.69, 9.17) is 35.4 Å². The van der Waals surface area contributed by atoms with E-state index >= 15 is 0 Å². The minimum Gasteiger partial charge on any atom is -0.360 e. The van der Waals surface area contributed by atoms with Gasteiger partial charge in [-0.3, -0.25) is 0 Å². The van der Waals surface area contributed by atoms with Crippen molar-refractivity contribution in [2.24, 2.45) is 0 Å². The number of halogens is 2. The molecule has 0 unspecified atom stereocenters. The van der Waals surface area contributed by atoms with Crippen LogP contribution in [0.2, 0.25) is 10.0 Å². The Kier molecular flexibility index (Phi) is 4.13. The largest absolute Gasteiger partial charge is 0.360 e. The van der Waals surface area contributed by atoms with Gasteiger partial charge in [-0.15, -0.1) is 0 Å². The third kappa shape index (κ3) is 3.47. The second-order valence-electron chi connectivity index (χ2n) is 4.29. The highest BCUT2D eigenvalue weighted by Crippen LogP contribution is 2.26. The molecular formula is C12H14Cl2N2S. The Morgan fingerprint density at radius 1 is 1.47 bits per heavy atom. The summed E-state index contributed by atoms with van der Waals surface area (Å²) in [4.78, 5) is 1.98. The summed E-state index contributed by atoms with van der Waals surface area (Å²) >= 11 is 17.4. The molecule has 1 saturated carbocycles. The van der Waals surface area contributed by atoms with Gasteiger partial charge in [0.25, 0.3) is 0 Å². The van der Waals surface area contributed by atoms with Gasteiger partial charge in [0.1, 0.15) is 0 Å². The van der Waals surface area contributed by atoms with Crippen molar-refractivity contribution in [2.75, 3.05) is 7.05 Å². The summed E-state index contributed by atoms with van der Waals surface area (Å²) in [5, 5.41) is 5.25. The predicted octanol–water partition coefficient (Wildman–Crippen LogP) is 3.46. The first-order chi connectivity index (χ1) is 8.08. The van der Waals surface area contributed by atoms with Crippen LogP contribution in [0, 0.1) is 0 Å². The topological polar surface area (TPSA) is 15.3 Å². The first-order valence-electron chi connectivity index (χ1n) is 5.52. The van der Waals surface area contributed by atoms with E-state index in [1.807, 2.05) is 24.1 Å². The van der Waals surface area contributed by atoms with E-state index in [1.54, 1.807) is 6.07 Å². The minimum atomic E-state index is 0.569. The molecule has 0 atom stereocenters. The van der Waals surface area contributed by atoms with Gasteiger partial charge in [-0.1, -0.05) is 35.3 Å². The Labute approximate surface area is 117 Å². The lowest BCUT2D eigenvalue weighted by Crippen LogP contribution is -2.37. The van der Waals surface area contributed by atoms with Gasteiger partial charge in [0.2, 0.25) is 0 Å². The van der Waals surface area contributed by atoms with Gasteiger partial charge >= 0.3 is 0 Å². The fourth-order valence-electron chi connectivity index (χ4n) is 1.51. The molecule has 1 aliphatic carbocycles. The van der Waals surface area contributed by atoms with Gasteiger partial charge < -0.3 is 10.2 Å². The molecule has 1 aliphatic rings. The molecule has 0 bridgehead atoms. The molecule has 0 saturated heterocycles. The van der Waals surface area contributed by atoms with Crippen molar-refractivity contribution in [2.45, 2.75) is 25.4 Å². The molecule has 92 valence electrons. The zero-order valence-corrected chi connectivity index (χ0v) is 11.9. The minimum absolute atomic E-state index is 0.569. The van der Waals surface area contributed by atoms with E-state index in [0.717, 1.165) is 10.7 Å². The summed E-state index contributed by atoms with van der Waals surface area (Å²) in [6, 6.07) is 6.22. The maximum Gasteiger partial charge on any atom is 0.169 e. The van der Waals surface area contributed by atoms with Crippen LogP contribution in [0.3, 0.4) is 0 Å². The molecule has 0 heterocycles. The van der Waals surface area contributed by atoms with Crippen molar-refractivity contribution < 1.29 is 0 Å². The SMILES string of the molecule is CN(Cc1cccc(Cl)c1Cl)C(=S)NC1CC1. The van der Waals surface area contributed by atoms with Crippen LogP contribution in [0.4, 0.5) is 0 Å². The Balaban J connectivity index is 1.99. The lowest BCUT2D eigenvalue weighted by molar-refractivity contribution is 0.488. The van der Waals surface area contributed by atoms with Gasteiger partial charge in [-0.25, -0.2) is 0 Å². The van der Waals surface area contributed by atoms with Gasteiger partial charge in [0, 0.05) is 19.6 Å². The molecule has 1 N–H and O–H groups in total. The standard InChI is InChI=1S/C12H14Cl2N2S/c1-16(12(17)15-9-5-6-9)7-8-3-2-4-10(13)11(8)14/h2-4,9H,5-7H2,1H3,(H,15,17). The summed E-state index contributed by atoms with van der Waals surface area (Å²) in [6.07, 6.45) is 2.43. The molecule has 1 aromatic carbocycles. The van der Waals surface area contributed by atoms with Crippen LogP contribution in [0.5, 0.6) is 0 Å². The molecule has 0 aromatic heterocycles. The van der Waals surface area contributed by atoms with Crippen LogP contribution >= 0.6 is 35.4 Å². The maximum absolute atomic E-state index is 6.14. The van der Waals surface area contributed by atoms with Crippen molar-refractivity contribution in [3.05, 3.63) is 33.8 Å². The van der Waals surface area contributed by atoms with Gasteiger partial charge in [0.15, 0.2) is 5.11 Å². The third-order valence-electron chi connectivity index (χ3n) is 2.69. The third-order valence-corrected chi connectivity index (χ3v) is 3.98. The Bertz CT molecular complexity index is 433. The Morgan fingerprint density at radius 2 is 2.18 bits per heavy atom. The average Bonchev–Trinajstić information content (AvgIpc) is 3.08. The zero-order chi connectivity index (χ0) is 12.4. The molecule has 0 radical (unpaired) electrons. The highest BCUT2D eigenvalue weighted by molar-refractivity contribution is 7.80. The van der Waals surface area contributed by atoms with E-state index < -0.39 is 0 Å². The fourth-order valence-corrected chi connectivity index (χ4v) is 2.12. The average molecular weight is 289 g/mol. The van der Waals surface area contributed by atoms with E-state index in [9.17, 15) is 0 Å². The summed E-state index contributed by atoms with van der Waals surface area (Å²) in [5.74, 6) is 0. The molecule has 2 nitrogen and oxygen atoms in total. The second-order valence-corrected chi connectivity index (χ2v) is 5.46. The number of rotatable bonds is 3. The van der Waals surface area contributed by atoms with Crippen LogP contribution in [-0.2, 0) is 6.54 Å². The fraction of sp³-hybridized carbons (Fsp3) is 0.417. The normalized spacial score (nSPS) is 14.5. The summed E-state index contributed by atoms with van der Waals surface area (Å²) < 4.78 is 0. The van der Waals surface area contributed by atoms with E-state index in [2.05, 4.69) is 5.32 Å². The van der Waals surface area contributed by atoms with Gasteiger partial charge in [-0.05, 0) is 36.7 Å². The van der Waals surface area contributed by atoms with Crippen molar-refractivity contribution in [3.8, 4) is 0 Å². The van der Waals surface area contributed by atoms with Crippen molar-refractivity contribution in [1.82, 2.24) is 10.2 Å². The Hall–Kier alpha value is -0.510. The second kappa shape index (κ2) is 5.42. The molecular weight excluding hydrogens is 275 g/mol. The number of nitrogens with one attached hydrogen (secondary N) is 1.